The number of carbonyl (C=O) groups is 1. The first-order chi connectivity index (χ1) is 17.0. The second kappa shape index (κ2) is 10.0. The van der Waals surface area contributed by atoms with E-state index in [-0.39, 0.29) is 22.7 Å². The molecule has 0 N–H and O–H groups in total. The molecule has 0 aromatic heterocycles. The third-order valence-electron chi connectivity index (χ3n) is 7.75. The maximum absolute atomic E-state index is 13.1. The molecule has 1 fully saturated rings. The topological polar surface area (TPSA) is 78.7 Å². The third-order valence-corrected chi connectivity index (χ3v) is 12.1. The number of hydrogen-bond acceptors (Lipinski definition) is 5. The molecule has 0 heterocycles. The molecule has 0 radical (unpaired) electrons. The van der Waals surface area contributed by atoms with Crippen molar-refractivity contribution in [3.63, 3.8) is 0 Å². The molecule has 7 heteroatoms. The Morgan fingerprint density at radius 3 is 2.31 bits per heavy atom. The van der Waals surface area contributed by atoms with Crippen LogP contribution in [-0.4, -0.2) is 25.3 Å². The molecule has 1 saturated carbocycles. The molecule has 0 unspecified atom stereocenters. The third kappa shape index (κ3) is 5.31. The fourth-order valence-corrected chi connectivity index (χ4v) is 5.70. The lowest BCUT2D eigenvalue weighted by molar-refractivity contribution is -0.384. The van der Waals surface area contributed by atoms with Gasteiger partial charge in [-0.25, -0.2) is 4.79 Å². The maximum atomic E-state index is 13.1. The summed E-state index contributed by atoms with van der Waals surface area (Å²) in [6, 6.07) is 18.1. The highest BCUT2D eigenvalue weighted by Gasteiger charge is 2.41. The maximum Gasteiger partial charge on any atom is 0.338 e. The van der Waals surface area contributed by atoms with Crippen molar-refractivity contribution in [3.8, 4) is 5.75 Å². The van der Waals surface area contributed by atoms with Gasteiger partial charge in [0.1, 0.15) is 11.9 Å². The zero-order valence-corrected chi connectivity index (χ0v) is 22.7. The van der Waals surface area contributed by atoms with Crippen molar-refractivity contribution in [1.29, 1.82) is 0 Å². The number of hydrogen-bond donors (Lipinski definition) is 0. The van der Waals surface area contributed by atoms with Gasteiger partial charge < -0.3 is 9.16 Å². The van der Waals surface area contributed by atoms with Gasteiger partial charge in [0.05, 0.1) is 10.5 Å². The smallest absolute Gasteiger partial charge is 0.338 e. The number of esters is 1. The molecule has 0 spiro atoms. The molecule has 1 aliphatic rings. The minimum Gasteiger partial charge on any atom is -0.543 e. The predicted octanol–water partition coefficient (Wildman–Crippen LogP) is 8.02. The predicted molar refractivity (Wildman–Crippen MR) is 145 cm³/mol. The van der Waals surface area contributed by atoms with Crippen LogP contribution < -0.4 is 4.43 Å². The van der Waals surface area contributed by atoms with Crippen molar-refractivity contribution < 1.29 is 18.9 Å². The molecular formula is C29H35NO5Si. The SMILES string of the molecule is CC(C)(C)[Si](C)(C)Oc1ccc2ccccc2c1[C@H]1CCCC[C@H]1OC(=O)c1ccc([N+](=O)[O-])cc1. The Bertz CT molecular complexity index is 1260. The molecule has 3 aromatic rings. The van der Waals surface area contributed by atoms with Gasteiger partial charge in [-0.2, -0.15) is 0 Å². The Kier molecular flexibility index (Phi) is 7.23. The largest absolute Gasteiger partial charge is 0.543 e. The minimum atomic E-state index is -2.11. The van der Waals surface area contributed by atoms with E-state index in [2.05, 4.69) is 58.1 Å². The number of ether oxygens (including phenoxy) is 1. The highest BCUT2D eigenvalue weighted by Crippen LogP contribution is 2.46. The van der Waals surface area contributed by atoms with Crippen LogP contribution in [0.3, 0.4) is 0 Å². The van der Waals surface area contributed by atoms with Crippen LogP contribution in [-0.2, 0) is 4.74 Å². The lowest BCUT2D eigenvalue weighted by atomic mass is 9.79. The fourth-order valence-electron chi connectivity index (χ4n) is 4.67. The Hall–Kier alpha value is -3.19. The van der Waals surface area contributed by atoms with E-state index in [0.717, 1.165) is 47.8 Å². The van der Waals surface area contributed by atoms with E-state index in [4.69, 9.17) is 9.16 Å². The summed E-state index contributed by atoms with van der Waals surface area (Å²) in [6.45, 7) is 11.2. The summed E-state index contributed by atoms with van der Waals surface area (Å²) in [4.78, 5) is 23.6. The Morgan fingerprint density at radius 1 is 0.972 bits per heavy atom. The molecule has 4 rings (SSSR count). The van der Waals surface area contributed by atoms with Crippen LogP contribution in [0.2, 0.25) is 18.1 Å². The Labute approximate surface area is 213 Å². The molecule has 0 aliphatic heterocycles. The van der Waals surface area contributed by atoms with Crippen LogP contribution >= 0.6 is 0 Å². The van der Waals surface area contributed by atoms with Gasteiger partial charge in [-0.05, 0) is 66.4 Å². The van der Waals surface area contributed by atoms with E-state index in [1.165, 1.54) is 24.3 Å². The van der Waals surface area contributed by atoms with Crippen molar-refractivity contribution in [2.24, 2.45) is 0 Å². The van der Waals surface area contributed by atoms with Crippen molar-refractivity contribution in [1.82, 2.24) is 0 Å². The summed E-state index contributed by atoms with van der Waals surface area (Å²) in [7, 11) is -2.11. The quantitative estimate of drug-likeness (QED) is 0.147. The van der Waals surface area contributed by atoms with Crippen molar-refractivity contribution in [2.45, 2.75) is 76.6 Å². The number of nitro benzene ring substituents is 1. The van der Waals surface area contributed by atoms with Crippen molar-refractivity contribution in [2.75, 3.05) is 0 Å². The second-order valence-corrected chi connectivity index (χ2v) is 15.9. The van der Waals surface area contributed by atoms with Gasteiger partial charge in [-0.15, -0.1) is 0 Å². The van der Waals surface area contributed by atoms with Crippen LogP contribution in [0.15, 0.2) is 60.7 Å². The van der Waals surface area contributed by atoms with Gasteiger partial charge in [0.2, 0.25) is 8.32 Å². The summed E-state index contributed by atoms with van der Waals surface area (Å²) >= 11 is 0. The summed E-state index contributed by atoms with van der Waals surface area (Å²) in [5.41, 5.74) is 1.39. The average molecular weight is 506 g/mol. The van der Waals surface area contributed by atoms with E-state index in [1.54, 1.807) is 0 Å². The molecular weight excluding hydrogens is 470 g/mol. The van der Waals surface area contributed by atoms with Crippen LogP contribution in [0.4, 0.5) is 5.69 Å². The van der Waals surface area contributed by atoms with Gasteiger partial charge >= 0.3 is 5.97 Å². The Balaban J connectivity index is 1.71. The summed E-state index contributed by atoms with van der Waals surface area (Å²) in [6.07, 6.45) is 3.41. The average Bonchev–Trinajstić information content (AvgIpc) is 2.83. The lowest BCUT2D eigenvalue weighted by Gasteiger charge is -2.39. The molecule has 0 bridgehead atoms. The molecule has 1 aliphatic carbocycles. The van der Waals surface area contributed by atoms with Gasteiger partial charge in [-0.3, -0.25) is 10.1 Å². The van der Waals surface area contributed by atoms with Crippen LogP contribution in [0, 0.1) is 10.1 Å². The second-order valence-electron chi connectivity index (χ2n) is 11.2. The number of nitrogens with zero attached hydrogens (tertiary/aromatic N) is 1. The molecule has 6 nitrogen and oxygen atoms in total. The van der Waals surface area contributed by atoms with Gasteiger partial charge in [0.25, 0.3) is 5.69 Å². The molecule has 36 heavy (non-hydrogen) atoms. The molecule has 2 atom stereocenters. The van der Waals surface area contributed by atoms with E-state index in [1.807, 2.05) is 12.1 Å². The number of nitro groups is 1. The first-order valence-electron chi connectivity index (χ1n) is 12.6. The van der Waals surface area contributed by atoms with Crippen molar-refractivity contribution in [3.05, 3.63) is 81.9 Å². The lowest BCUT2D eigenvalue weighted by Crippen LogP contribution is -2.44. The van der Waals surface area contributed by atoms with Gasteiger partial charge in [0, 0.05) is 23.6 Å². The fraction of sp³-hybridized carbons (Fsp3) is 0.414. The summed E-state index contributed by atoms with van der Waals surface area (Å²) in [5, 5.41) is 13.3. The van der Waals surface area contributed by atoms with E-state index >= 15 is 0 Å². The number of carbonyl (C=O) groups excluding carboxylic acids is 1. The summed E-state index contributed by atoms with van der Waals surface area (Å²) in [5.74, 6) is 0.448. The first-order valence-corrected chi connectivity index (χ1v) is 15.5. The standard InChI is InChI=1S/C29H35NO5Si/c1-29(2,3)36(4,5)35-26-19-16-20-10-6-7-11-23(20)27(26)24-12-8-9-13-25(24)34-28(31)21-14-17-22(18-15-21)30(32)33/h6-7,10-11,14-19,24-25H,8-9,12-13H2,1-5H3/t24-,25+/m0/s1. The first kappa shape index (κ1) is 25.9. The molecule has 0 saturated heterocycles. The molecule has 0 amide bonds. The van der Waals surface area contributed by atoms with E-state index < -0.39 is 19.2 Å². The minimum absolute atomic E-state index is 0.00613. The number of benzene rings is 3. The summed E-state index contributed by atoms with van der Waals surface area (Å²) < 4.78 is 13.0. The van der Waals surface area contributed by atoms with E-state index in [9.17, 15) is 14.9 Å². The van der Waals surface area contributed by atoms with Crippen LogP contribution in [0.1, 0.15) is 68.3 Å². The van der Waals surface area contributed by atoms with Gasteiger partial charge in [0.15, 0.2) is 0 Å². The highest BCUT2D eigenvalue weighted by atomic mass is 28.4. The zero-order valence-electron chi connectivity index (χ0n) is 21.7. The zero-order chi connectivity index (χ0) is 26.1. The van der Waals surface area contributed by atoms with Crippen LogP contribution in [0.25, 0.3) is 10.8 Å². The molecule has 190 valence electrons. The van der Waals surface area contributed by atoms with Gasteiger partial charge in [-0.1, -0.05) is 57.5 Å². The monoisotopic (exact) mass is 505 g/mol. The molecule has 3 aromatic carbocycles. The highest BCUT2D eigenvalue weighted by molar-refractivity contribution is 6.74. The number of rotatable bonds is 6. The van der Waals surface area contributed by atoms with Crippen molar-refractivity contribution >= 4 is 30.7 Å². The number of non-ortho nitro benzene ring substituents is 1. The van der Waals surface area contributed by atoms with Crippen LogP contribution in [0.5, 0.6) is 5.75 Å². The normalized spacial score (nSPS) is 18.6. The van der Waals surface area contributed by atoms with E-state index in [0.29, 0.717) is 5.56 Å². The number of fused-ring (bicyclic) bond motifs is 1. The Morgan fingerprint density at radius 2 is 1.64 bits per heavy atom.